The SMILES string of the molecule is CCCCC/C=C\C/C=C\CCCCCCCC(=O)NCCCCN. The third kappa shape index (κ3) is 20.9. The number of amides is 1. The molecule has 0 atom stereocenters. The van der Waals surface area contributed by atoms with Crippen LogP contribution in [-0.2, 0) is 4.79 Å². The van der Waals surface area contributed by atoms with Crippen molar-refractivity contribution in [1.82, 2.24) is 5.32 Å². The molecule has 3 nitrogen and oxygen atoms in total. The number of carbonyl (C=O) groups excluding carboxylic acids is 1. The number of allylic oxidation sites excluding steroid dienone is 4. The van der Waals surface area contributed by atoms with E-state index in [1.807, 2.05) is 0 Å². The molecule has 0 aliphatic rings. The lowest BCUT2D eigenvalue weighted by Gasteiger charge is -2.04. The van der Waals surface area contributed by atoms with Crippen LogP contribution < -0.4 is 11.1 Å². The molecule has 0 aromatic carbocycles. The highest BCUT2D eigenvalue weighted by atomic mass is 16.1. The van der Waals surface area contributed by atoms with E-state index >= 15 is 0 Å². The summed E-state index contributed by atoms with van der Waals surface area (Å²) in [4.78, 5) is 11.6. The Morgan fingerprint density at radius 1 is 0.800 bits per heavy atom. The number of nitrogens with one attached hydrogen (secondary N) is 1. The van der Waals surface area contributed by atoms with E-state index in [0.717, 1.165) is 32.2 Å². The van der Waals surface area contributed by atoms with Gasteiger partial charge in [-0.2, -0.15) is 0 Å². The van der Waals surface area contributed by atoms with E-state index < -0.39 is 0 Å². The zero-order valence-corrected chi connectivity index (χ0v) is 16.6. The number of nitrogens with two attached hydrogens (primary N) is 1. The Morgan fingerprint density at radius 2 is 1.44 bits per heavy atom. The highest BCUT2D eigenvalue weighted by Crippen LogP contribution is 2.08. The van der Waals surface area contributed by atoms with Crippen molar-refractivity contribution in [2.24, 2.45) is 5.73 Å². The molecule has 0 saturated carbocycles. The molecule has 0 radical (unpaired) electrons. The fourth-order valence-electron chi connectivity index (χ4n) is 2.68. The van der Waals surface area contributed by atoms with Crippen LogP contribution in [0.25, 0.3) is 0 Å². The van der Waals surface area contributed by atoms with Gasteiger partial charge in [-0.1, -0.05) is 63.3 Å². The van der Waals surface area contributed by atoms with Crippen molar-refractivity contribution in [3.05, 3.63) is 24.3 Å². The van der Waals surface area contributed by atoms with Gasteiger partial charge < -0.3 is 11.1 Å². The summed E-state index contributed by atoms with van der Waals surface area (Å²) in [6.07, 6.45) is 25.3. The number of carbonyl (C=O) groups is 1. The van der Waals surface area contributed by atoms with E-state index in [-0.39, 0.29) is 5.91 Å². The van der Waals surface area contributed by atoms with Crippen LogP contribution in [0.2, 0.25) is 0 Å². The molecule has 0 rings (SSSR count). The summed E-state index contributed by atoms with van der Waals surface area (Å²) in [5.41, 5.74) is 5.42. The zero-order valence-electron chi connectivity index (χ0n) is 16.6. The second-order valence-electron chi connectivity index (χ2n) is 6.83. The fourth-order valence-corrected chi connectivity index (χ4v) is 2.68. The molecule has 1 amide bonds. The molecule has 25 heavy (non-hydrogen) atoms. The van der Waals surface area contributed by atoms with Gasteiger partial charge in [0.25, 0.3) is 0 Å². The number of unbranched alkanes of at least 4 members (excludes halogenated alkanes) is 9. The zero-order chi connectivity index (χ0) is 18.4. The van der Waals surface area contributed by atoms with Gasteiger partial charge in [-0.05, 0) is 57.9 Å². The van der Waals surface area contributed by atoms with Crippen molar-refractivity contribution >= 4 is 5.91 Å². The quantitative estimate of drug-likeness (QED) is 0.248. The van der Waals surface area contributed by atoms with Gasteiger partial charge in [0.05, 0.1) is 0 Å². The highest BCUT2D eigenvalue weighted by Gasteiger charge is 1.99. The van der Waals surface area contributed by atoms with Crippen LogP contribution in [0.5, 0.6) is 0 Å². The van der Waals surface area contributed by atoms with Gasteiger partial charge >= 0.3 is 0 Å². The van der Waals surface area contributed by atoms with Crippen molar-refractivity contribution in [3.8, 4) is 0 Å². The average Bonchev–Trinajstić information content (AvgIpc) is 2.62. The molecule has 3 N–H and O–H groups in total. The third-order valence-corrected chi connectivity index (χ3v) is 4.31. The van der Waals surface area contributed by atoms with Crippen LogP contribution in [0.15, 0.2) is 24.3 Å². The average molecular weight is 351 g/mol. The van der Waals surface area contributed by atoms with Crippen LogP contribution in [-0.4, -0.2) is 19.0 Å². The molecule has 0 bridgehead atoms. The van der Waals surface area contributed by atoms with Crippen molar-refractivity contribution in [2.75, 3.05) is 13.1 Å². The van der Waals surface area contributed by atoms with Crippen LogP contribution in [0.1, 0.15) is 96.8 Å². The molecule has 0 aliphatic heterocycles. The van der Waals surface area contributed by atoms with Gasteiger partial charge in [-0.25, -0.2) is 0 Å². The Bertz CT molecular complexity index is 337. The molecule has 0 saturated heterocycles. The summed E-state index contributed by atoms with van der Waals surface area (Å²) in [5.74, 6) is 0.197. The van der Waals surface area contributed by atoms with E-state index in [1.54, 1.807) is 0 Å². The lowest BCUT2D eigenvalue weighted by atomic mass is 10.1. The molecule has 0 fully saturated rings. The first-order valence-electron chi connectivity index (χ1n) is 10.6. The smallest absolute Gasteiger partial charge is 0.219 e. The summed E-state index contributed by atoms with van der Waals surface area (Å²) < 4.78 is 0. The minimum Gasteiger partial charge on any atom is -0.356 e. The third-order valence-electron chi connectivity index (χ3n) is 4.31. The van der Waals surface area contributed by atoms with Gasteiger partial charge in [0.15, 0.2) is 0 Å². The van der Waals surface area contributed by atoms with Crippen molar-refractivity contribution < 1.29 is 4.79 Å². The van der Waals surface area contributed by atoms with E-state index in [1.165, 1.54) is 57.8 Å². The number of hydrogen-bond acceptors (Lipinski definition) is 2. The number of rotatable bonds is 18. The lowest BCUT2D eigenvalue weighted by molar-refractivity contribution is -0.121. The van der Waals surface area contributed by atoms with Gasteiger partial charge in [-0.3, -0.25) is 4.79 Å². The van der Waals surface area contributed by atoms with Gasteiger partial charge in [0.1, 0.15) is 0 Å². The molecular formula is C22H42N2O. The molecule has 0 aromatic heterocycles. The summed E-state index contributed by atoms with van der Waals surface area (Å²) >= 11 is 0. The summed E-state index contributed by atoms with van der Waals surface area (Å²) in [7, 11) is 0. The summed E-state index contributed by atoms with van der Waals surface area (Å²) in [6.45, 7) is 3.73. The first-order valence-corrected chi connectivity index (χ1v) is 10.6. The summed E-state index contributed by atoms with van der Waals surface area (Å²) in [5, 5.41) is 2.96. The molecular weight excluding hydrogens is 308 g/mol. The van der Waals surface area contributed by atoms with E-state index in [0.29, 0.717) is 13.0 Å². The predicted octanol–water partition coefficient (Wildman–Crippen LogP) is 5.66. The summed E-state index contributed by atoms with van der Waals surface area (Å²) in [6, 6.07) is 0. The normalized spacial score (nSPS) is 11.6. The predicted molar refractivity (Wildman–Crippen MR) is 111 cm³/mol. The minimum atomic E-state index is 0.197. The maximum Gasteiger partial charge on any atom is 0.219 e. The van der Waals surface area contributed by atoms with Gasteiger partial charge in [0, 0.05) is 13.0 Å². The van der Waals surface area contributed by atoms with Crippen molar-refractivity contribution in [2.45, 2.75) is 96.8 Å². The minimum absolute atomic E-state index is 0.197. The Balaban J connectivity index is 3.25. The van der Waals surface area contributed by atoms with E-state index in [2.05, 4.69) is 36.5 Å². The Kier molecular flexibility index (Phi) is 20.0. The van der Waals surface area contributed by atoms with Crippen molar-refractivity contribution in [3.63, 3.8) is 0 Å². The molecule has 146 valence electrons. The van der Waals surface area contributed by atoms with Crippen LogP contribution in [0.4, 0.5) is 0 Å². The fraction of sp³-hybridized carbons (Fsp3) is 0.773. The second-order valence-corrected chi connectivity index (χ2v) is 6.83. The van der Waals surface area contributed by atoms with Gasteiger partial charge in [-0.15, -0.1) is 0 Å². The standard InChI is InChI=1S/C22H42N2O/c1-2-3-4-5-6-7-8-9-10-11-12-13-14-15-16-19-22(25)24-21-18-17-20-23/h6-7,9-10H,2-5,8,11-21,23H2,1H3,(H,24,25)/b7-6-,10-9-. The first kappa shape index (κ1) is 23.9. The molecule has 0 aliphatic carbocycles. The second kappa shape index (κ2) is 21.0. The highest BCUT2D eigenvalue weighted by molar-refractivity contribution is 5.75. The molecule has 0 spiro atoms. The lowest BCUT2D eigenvalue weighted by Crippen LogP contribution is -2.24. The van der Waals surface area contributed by atoms with Crippen LogP contribution in [0, 0.1) is 0 Å². The topological polar surface area (TPSA) is 55.1 Å². The van der Waals surface area contributed by atoms with Crippen LogP contribution >= 0.6 is 0 Å². The Hall–Kier alpha value is -1.09. The van der Waals surface area contributed by atoms with E-state index in [9.17, 15) is 4.79 Å². The molecule has 0 aromatic rings. The Labute approximate surface area is 156 Å². The Morgan fingerprint density at radius 3 is 2.12 bits per heavy atom. The maximum atomic E-state index is 11.6. The first-order chi connectivity index (χ1) is 12.3. The van der Waals surface area contributed by atoms with E-state index in [4.69, 9.17) is 5.73 Å². The molecule has 0 unspecified atom stereocenters. The monoisotopic (exact) mass is 350 g/mol. The van der Waals surface area contributed by atoms with Crippen molar-refractivity contribution in [1.29, 1.82) is 0 Å². The largest absolute Gasteiger partial charge is 0.356 e. The van der Waals surface area contributed by atoms with Crippen LogP contribution in [0.3, 0.4) is 0 Å². The molecule has 0 heterocycles. The number of hydrogen-bond donors (Lipinski definition) is 2. The maximum absolute atomic E-state index is 11.6. The molecule has 3 heteroatoms. The van der Waals surface area contributed by atoms with Gasteiger partial charge in [0.2, 0.25) is 5.91 Å².